The van der Waals surface area contributed by atoms with Crippen molar-refractivity contribution in [2.24, 2.45) is 0 Å². The molecule has 0 aliphatic carbocycles. The Kier molecular flexibility index (Phi) is 4.69. The van der Waals surface area contributed by atoms with Crippen molar-refractivity contribution < 1.29 is 22.7 Å². The monoisotopic (exact) mass is 313 g/mol. The third-order valence-corrected chi connectivity index (χ3v) is 2.87. The van der Waals surface area contributed by atoms with Crippen LogP contribution < -0.4 is 10.1 Å². The van der Waals surface area contributed by atoms with Gasteiger partial charge in [0.25, 0.3) is 0 Å². The van der Waals surface area contributed by atoms with Crippen LogP contribution in [0.15, 0.2) is 36.7 Å². The molecule has 8 heteroatoms. The molecule has 1 amide bonds. The molecule has 1 aromatic heterocycles. The summed E-state index contributed by atoms with van der Waals surface area (Å²) in [5.74, 6) is 0.00190. The highest BCUT2D eigenvalue weighted by atomic mass is 19.4. The molecule has 2 aromatic rings. The fourth-order valence-corrected chi connectivity index (χ4v) is 1.88. The standard InChI is InChI=1S/C14H14F3N3O2/c1-9(20-13(21)8-12-18-6-7-19-12)10-2-4-11(5-3-10)22-14(15,16)17/h2-7,9H,8H2,1H3,(H,18,19)(H,20,21)/t9-/m0/s1. The number of aromatic nitrogens is 2. The van der Waals surface area contributed by atoms with Gasteiger partial charge in [0, 0.05) is 12.4 Å². The number of ether oxygens (including phenoxy) is 1. The summed E-state index contributed by atoms with van der Waals surface area (Å²) in [6.45, 7) is 1.74. The summed E-state index contributed by atoms with van der Waals surface area (Å²) in [7, 11) is 0. The number of amides is 1. The van der Waals surface area contributed by atoms with Crippen LogP contribution in [-0.2, 0) is 11.2 Å². The molecule has 0 unspecified atom stereocenters. The molecule has 0 aliphatic heterocycles. The Hall–Kier alpha value is -2.51. The molecule has 118 valence electrons. The summed E-state index contributed by atoms with van der Waals surface area (Å²) in [6.07, 6.45) is -1.45. The van der Waals surface area contributed by atoms with E-state index < -0.39 is 6.36 Å². The Morgan fingerprint density at radius 1 is 1.36 bits per heavy atom. The molecule has 0 aliphatic rings. The number of aromatic amines is 1. The zero-order chi connectivity index (χ0) is 16.2. The molecule has 22 heavy (non-hydrogen) atoms. The van der Waals surface area contributed by atoms with E-state index in [-0.39, 0.29) is 24.1 Å². The van der Waals surface area contributed by atoms with Crippen molar-refractivity contribution in [3.8, 4) is 5.75 Å². The van der Waals surface area contributed by atoms with Crippen molar-refractivity contribution >= 4 is 5.91 Å². The summed E-state index contributed by atoms with van der Waals surface area (Å²) in [6, 6.07) is 5.01. The molecule has 0 saturated carbocycles. The summed E-state index contributed by atoms with van der Waals surface area (Å²) in [5, 5.41) is 2.74. The third kappa shape index (κ3) is 4.80. The maximum Gasteiger partial charge on any atom is 0.573 e. The van der Waals surface area contributed by atoms with Gasteiger partial charge in [0.1, 0.15) is 11.6 Å². The fraction of sp³-hybridized carbons (Fsp3) is 0.286. The smallest absolute Gasteiger partial charge is 0.406 e. The van der Waals surface area contributed by atoms with Gasteiger partial charge in [-0.25, -0.2) is 4.98 Å². The van der Waals surface area contributed by atoms with Crippen molar-refractivity contribution in [3.63, 3.8) is 0 Å². The number of hydrogen-bond acceptors (Lipinski definition) is 3. The van der Waals surface area contributed by atoms with Gasteiger partial charge in [-0.1, -0.05) is 12.1 Å². The van der Waals surface area contributed by atoms with Crippen molar-refractivity contribution in [1.82, 2.24) is 15.3 Å². The number of carbonyl (C=O) groups is 1. The fourth-order valence-electron chi connectivity index (χ4n) is 1.88. The predicted octanol–water partition coefficient (Wildman–Crippen LogP) is 2.73. The first-order valence-electron chi connectivity index (χ1n) is 6.47. The number of H-pyrrole nitrogens is 1. The van der Waals surface area contributed by atoms with Crippen molar-refractivity contribution in [3.05, 3.63) is 48.0 Å². The van der Waals surface area contributed by atoms with Crippen molar-refractivity contribution in [1.29, 1.82) is 0 Å². The van der Waals surface area contributed by atoms with Crippen LogP contribution in [0.1, 0.15) is 24.4 Å². The minimum absolute atomic E-state index is 0.104. The van der Waals surface area contributed by atoms with Crippen molar-refractivity contribution in [2.45, 2.75) is 25.7 Å². The van der Waals surface area contributed by atoms with Crippen LogP contribution in [0.3, 0.4) is 0 Å². The second kappa shape index (κ2) is 6.50. The molecule has 2 rings (SSSR count). The van der Waals surface area contributed by atoms with E-state index in [1.807, 2.05) is 0 Å². The second-order valence-corrected chi connectivity index (χ2v) is 4.62. The highest BCUT2D eigenvalue weighted by Crippen LogP contribution is 2.24. The van der Waals surface area contributed by atoms with E-state index in [0.29, 0.717) is 11.4 Å². The topological polar surface area (TPSA) is 67.0 Å². The van der Waals surface area contributed by atoms with Crippen LogP contribution in [0.25, 0.3) is 0 Å². The molecule has 0 fully saturated rings. The molecule has 0 spiro atoms. The number of alkyl halides is 3. The average molecular weight is 313 g/mol. The van der Waals surface area contributed by atoms with E-state index in [4.69, 9.17) is 0 Å². The first-order valence-corrected chi connectivity index (χ1v) is 6.47. The number of rotatable bonds is 5. The summed E-state index contributed by atoms with van der Waals surface area (Å²) >= 11 is 0. The number of halogens is 3. The lowest BCUT2D eigenvalue weighted by Gasteiger charge is -2.15. The highest BCUT2D eigenvalue weighted by Gasteiger charge is 2.31. The van der Waals surface area contributed by atoms with Crippen LogP contribution >= 0.6 is 0 Å². The van der Waals surface area contributed by atoms with Gasteiger partial charge >= 0.3 is 6.36 Å². The number of nitrogens with one attached hydrogen (secondary N) is 2. The van der Waals surface area contributed by atoms with E-state index in [9.17, 15) is 18.0 Å². The largest absolute Gasteiger partial charge is 0.573 e. The second-order valence-electron chi connectivity index (χ2n) is 4.62. The highest BCUT2D eigenvalue weighted by molar-refractivity contribution is 5.78. The van der Waals surface area contributed by atoms with Gasteiger partial charge in [-0.05, 0) is 24.6 Å². The van der Waals surface area contributed by atoms with Crippen LogP contribution in [0.2, 0.25) is 0 Å². The maximum absolute atomic E-state index is 12.1. The van der Waals surface area contributed by atoms with Crippen LogP contribution in [0.4, 0.5) is 13.2 Å². The number of imidazole rings is 1. The number of benzene rings is 1. The summed E-state index contributed by atoms with van der Waals surface area (Å²) in [5.41, 5.74) is 0.669. The van der Waals surface area contributed by atoms with Crippen LogP contribution in [-0.4, -0.2) is 22.2 Å². The molecule has 2 N–H and O–H groups in total. The Morgan fingerprint density at radius 3 is 2.59 bits per heavy atom. The molecule has 0 radical (unpaired) electrons. The van der Waals surface area contributed by atoms with E-state index in [0.717, 1.165) is 0 Å². The average Bonchev–Trinajstić information content (AvgIpc) is 2.90. The van der Waals surface area contributed by atoms with Gasteiger partial charge in [-0.3, -0.25) is 4.79 Å². The van der Waals surface area contributed by atoms with Gasteiger partial charge in [0.15, 0.2) is 0 Å². The minimum atomic E-state index is -4.72. The molecule has 1 atom stereocenters. The van der Waals surface area contributed by atoms with Crippen molar-refractivity contribution in [2.75, 3.05) is 0 Å². The normalized spacial score (nSPS) is 12.7. The molecule has 5 nitrogen and oxygen atoms in total. The molecule has 0 bridgehead atoms. The van der Waals surface area contributed by atoms with E-state index in [2.05, 4.69) is 20.0 Å². The Labute approximate surface area is 124 Å². The molecular formula is C14H14F3N3O2. The quantitative estimate of drug-likeness (QED) is 0.892. The van der Waals surface area contributed by atoms with Gasteiger partial charge in [0.05, 0.1) is 12.5 Å². The first kappa shape index (κ1) is 15.9. The summed E-state index contributed by atoms with van der Waals surface area (Å²) in [4.78, 5) is 18.6. The number of carbonyl (C=O) groups excluding carboxylic acids is 1. The lowest BCUT2D eigenvalue weighted by molar-refractivity contribution is -0.274. The lowest BCUT2D eigenvalue weighted by Crippen LogP contribution is -2.28. The number of hydrogen-bond donors (Lipinski definition) is 2. The van der Waals surface area contributed by atoms with Crippen LogP contribution in [0, 0.1) is 0 Å². The zero-order valence-corrected chi connectivity index (χ0v) is 11.6. The van der Waals surface area contributed by atoms with Gasteiger partial charge in [-0.15, -0.1) is 13.2 Å². The minimum Gasteiger partial charge on any atom is -0.406 e. The molecule has 0 saturated heterocycles. The van der Waals surface area contributed by atoms with Gasteiger partial charge in [-0.2, -0.15) is 0 Å². The van der Waals surface area contributed by atoms with E-state index in [1.54, 1.807) is 19.3 Å². The number of nitrogens with zero attached hydrogens (tertiary/aromatic N) is 1. The first-order chi connectivity index (χ1) is 10.3. The predicted molar refractivity (Wildman–Crippen MR) is 72.0 cm³/mol. The van der Waals surface area contributed by atoms with E-state index >= 15 is 0 Å². The molecular weight excluding hydrogens is 299 g/mol. The maximum atomic E-state index is 12.1. The third-order valence-electron chi connectivity index (χ3n) is 2.87. The lowest BCUT2D eigenvalue weighted by atomic mass is 10.1. The Morgan fingerprint density at radius 2 is 2.05 bits per heavy atom. The van der Waals surface area contributed by atoms with E-state index in [1.165, 1.54) is 24.3 Å². The molecule has 1 heterocycles. The Bertz CT molecular complexity index is 609. The van der Waals surface area contributed by atoms with Crippen LogP contribution in [0.5, 0.6) is 5.75 Å². The molecule has 1 aromatic carbocycles. The van der Waals surface area contributed by atoms with Gasteiger partial charge in [0.2, 0.25) is 5.91 Å². The Balaban J connectivity index is 1.92. The van der Waals surface area contributed by atoms with Gasteiger partial charge < -0.3 is 15.0 Å². The zero-order valence-electron chi connectivity index (χ0n) is 11.6. The SMILES string of the molecule is C[C@H](NC(=O)Cc1ncc[nH]1)c1ccc(OC(F)(F)F)cc1. The summed E-state index contributed by atoms with van der Waals surface area (Å²) < 4.78 is 40.0.